The van der Waals surface area contributed by atoms with E-state index in [0.717, 1.165) is 17.7 Å². The number of methoxy groups -OCH3 is 1. The van der Waals surface area contributed by atoms with E-state index in [1.165, 1.54) is 52.0 Å². The first kappa shape index (κ1) is 18.7. The number of likely N-dealkylation sites (N-methyl/N-ethyl adjacent to an activating group) is 1. The summed E-state index contributed by atoms with van der Waals surface area (Å²) in [4.78, 5) is 2.63. The molecule has 1 heterocycles. The molecule has 1 aromatic carbocycles. The largest absolute Gasteiger partial charge is 0.497 e. The van der Waals surface area contributed by atoms with Crippen LogP contribution in [0.3, 0.4) is 0 Å². The summed E-state index contributed by atoms with van der Waals surface area (Å²) < 4.78 is 5.51. The molecule has 1 saturated carbocycles. The van der Waals surface area contributed by atoms with Crippen LogP contribution >= 0.6 is 0 Å². The summed E-state index contributed by atoms with van der Waals surface area (Å²) in [5.41, 5.74) is 3.67. The predicted octanol–water partition coefficient (Wildman–Crippen LogP) is 2.74. The smallest absolute Gasteiger partial charge is 0.119 e. The molecule has 25 heavy (non-hydrogen) atoms. The molecule has 0 amide bonds. The van der Waals surface area contributed by atoms with E-state index >= 15 is 0 Å². The van der Waals surface area contributed by atoms with Crippen LogP contribution in [0.4, 0.5) is 0 Å². The average Bonchev–Trinajstić information content (AvgIpc) is 2.65. The van der Waals surface area contributed by atoms with Crippen LogP contribution in [0, 0.1) is 5.92 Å². The Hall–Kier alpha value is -1.10. The number of hydrogen-bond acceptors (Lipinski definition) is 4. The average molecular weight is 347 g/mol. The van der Waals surface area contributed by atoms with Gasteiger partial charge in [-0.25, -0.2) is 0 Å². The van der Waals surface area contributed by atoms with Gasteiger partial charge in [-0.05, 0) is 75.4 Å². The Morgan fingerprint density at radius 2 is 2.08 bits per heavy atom. The van der Waals surface area contributed by atoms with E-state index in [2.05, 4.69) is 30.1 Å². The lowest BCUT2D eigenvalue weighted by Gasteiger charge is -2.58. The van der Waals surface area contributed by atoms with Crippen molar-refractivity contribution in [2.24, 2.45) is 5.92 Å². The fourth-order valence-corrected chi connectivity index (χ4v) is 5.30. The lowest BCUT2D eigenvalue weighted by molar-refractivity contribution is 0.00274. The number of fused-ring (bicyclic) bond motifs is 1. The van der Waals surface area contributed by atoms with Gasteiger partial charge in [0.15, 0.2) is 0 Å². The second kappa shape index (κ2) is 7.65. The Labute approximate surface area is 151 Å². The minimum Gasteiger partial charge on any atom is -0.497 e. The summed E-state index contributed by atoms with van der Waals surface area (Å²) in [7, 11) is 4.12. The van der Waals surface area contributed by atoms with Gasteiger partial charge < -0.3 is 19.8 Å². The molecule has 2 fully saturated rings. The van der Waals surface area contributed by atoms with Gasteiger partial charge >= 0.3 is 0 Å². The third kappa shape index (κ3) is 3.44. The fraction of sp³-hybridized carbons (Fsp3) is 0.714. The van der Waals surface area contributed by atoms with E-state index in [4.69, 9.17) is 14.9 Å². The number of ether oxygens (including phenoxy) is 1. The van der Waals surface area contributed by atoms with E-state index in [1.807, 2.05) is 0 Å². The van der Waals surface area contributed by atoms with Crippen molar-refractivity contribution in [3.05, 3.63) is 29.3 Å². The van der Waals surface area contributed by atoms with Gasteiger partial charge in [0.05, 0.1) is 19.8 Å². The van der Waals surface area contributed by atoms with Crippen LogP contribution in [-0.2, 0) is 11.8 Å². The Morgan fingerprint density at radius 3 is 2.76 bits per heavy atom. The Morgan fingerprint density at radius 1 is 1.32 bits per heavy atom. The summed E-state index contributed by atoms with van der Waals surface area (Å²) in [6, 6.07) is 7.60. The summed E-state index contributed by atoms with van der Waals surface area (Å²) in [6.07, 6.45) is 7.66. The number of aliphatic hydroxyl groups is 2. The van der Waals surface area contributed by atoms with Gasteiger partial charge in [-0.2, -0.15) is 0 Å². The zero-order valence-electron chi connectivity index (χ0n) is 15.9. The highest BCUT2D eigenvalue weighted by Gasteiger charge is 2.53. The van der Waals surface area contributed by atoms with Gasteiger partial charge in [-0.1, -0.05) is 18.9 Å². The molecule has 0 spiro atoms. The quantitative estimate of drug-likeness (QED) is 0.864. The molecule has 3 aliphatic rings. The minimum absolute atomic E-state index is 0.139. The first-order valence-electron chi connectivity index (χ1n) is 9.68. The molecule has 4 rings (SSSR count). The van der Waals surface area contributed by atoms with E-state index in [-0.39, 0.29) is 6.61 Å². The van der Waals surface area contributed by atoms with Crippen molar-refractivity contribution >= 4 is 0 Å². The number of piperidine rings is 1. The third-order valence-electron chi connectivity index (χ3n) is 6.59. The second-order valence-corrected chi connectivity index (χ2v) is 8.07. The fourth-order valence-electron chi connectivity index (χ4n) is 5.30. The van der Waals surface area contributed by atoms with Crippen molar-refractivity contribution < 1.29 is 14.9 Å². The van der Waals surface area contributed by atoms with Crippen LogP contribution in [0.15, 0.2) is 18.2 Å². The first-order valence-corrected chi connectivity index (χ1v) is 9.68. The maximum Gasteiger partial charge on any atom is 0.119 e. The van der Waals surface area contributed by atoms with E-state index in [0.29, 0.717) is 5.41 Å². The standard InChI is InChI=1S/C18H25NO.C3H8O2/c1-19-10-9-18-8-4-3-5-15(18)17(19)11-13-6-7-14(20-2)12-16(13)18;1-3(5)2-4/h6-7,12,15,17H,3-5,8-11H2,1-2H3;3-5H,2H2,1H3/t15-,17+,18+;/m1./s1. The Kier molecular flexibility index (Phi) is 5.71. The molecule has 0 radical (unpaired) electrons. The highest BCUT2D eigenvalue weighted by atomic mass is 16.5. The normalized spacial score (nSPS) is 31.9. The third-order valence-corrected chi connectivity index (χ3v) is 6.59. The molecule has 4 heteroatoms. The maximum atomic E-state index is 8.11. The van der Waals surface area contributed by atoms with Gasteiger partial charge in [0, 0.05) is 11.5 Å². The second-order valence-electron chi connectivity index (χ2n) is 8.07. The Balaban J connectivity index is 0.000000324. The zero-order valence-corrected chi connectivity index (χ0v) is 15.9. The molecule has 2 N–H and O–H groups in total. The van der Waals surface area contributed by atoms with Gasteiger partial charge in [-0.3, -0.25) is 0 Å². The lowest BCUT2D eigenvalue weighted by atomic mass is 9.52. The number of hydrogen-bond donors (Lipinski definition) is 2. The van der Waals surface area contributed by atoms with Gasteiger partial charge in [0.2, 0.25) is 0 Å². The molecule has 0 aromatic heterocycles. The predicted molar refractivity (Wildman–Crippen MR) is 100 cm³/mol. The number of likely N-dealkylation sites (tertiary alicyclic amines) is 1. The van der Waals surface area contributed by atoms with Crippen LogP contribution in [-0.4, -0.2) is 54.6 Å². The summed E-state index contributed by atoms with van der Waals surface area (Å²) in [6.45, 7) is 2.65. The van der Waals surface area contributed by atoms with Gasteiger partial charge in [0.25, 0.3) is 0 Å². The molecule has 1 unspecified atom stereocenters. The van der Waals surface area contributed by atoms with Crippen molar-refractivity contribution in [1.82, 2.24) is 4.90 Å². The van der Waals surface area contributed by atoms with E-state index in [1.54, 1.807) is 18.2 Å². The summed E-state index contributed by atoms with van der Waals surface area (Å²) in [5.74, 6) is 1.91. The van der Waals surface area contributed by atoms with Gasteiger partial charge in [0.1, 0.15) is 5.75 Å². The molecule has 1 aromatic rings. The van der Waals surface area contributed by atoms with Crippen molar-refractivity contribution in [2.45, 2.75) is 63.0 Å². The molecule has 2 bridgehead atoms. The van der Waals surface area contributed by atoms with Crippen molar-refractivity contribution in [3.63, 3.8) is 0 Å². The number of rotatable bonds is 2. The van der Waals surface area contributed by atoms with Crippen LogP contribution in [0.1, 0.15) is 50.2 Å². The van der Waals surface area contributed by atoms with Crippen LogP contribution < -0.4 is 4.74 Å². The molecular formula is C21H33NO3. The minimum atomic E-state index is -0.560. The topological polar surface area (TPSA) is 52.9 Å². The molecule has 4 atom stereocenters. The highest BCUT2D eigenvalue weighted by Crippen LogP contribution is 2.55. The summed E-state index contributed by atoms with van der Waals surface area (Å²) in [5, 5.41) is 16.0. The lowest BCUT2D eigenvalue weighted by Crippen LogP contribution is -2.59. The molecule has 2 aliphatic carbocycles. The van der Waals surface area contributed by atoms with Crippen molar-refractivity contribution in [3.8, 4) is 5.75 Å². The van der Waals surface area contributed by atoms with Crippen molar-refractivity contribution in [2.75, 3.05) is 27.3 Å². The molecule has 4 nitrogen and oxygen atoms in total. The molecule has 1 saturated heterocycles. The number of aliphatic hydroxyl groups excluding tert-OH is 2. The summed E-state index contributed by atoms with van der Waals surface area (Å²) >= 11 is 0. The van der Waals surface area contributed by atoms with Crippen LogP contribution in [0.25, 0.3) is 0 Å². The van der Waals surface area contributed by atoms with Crippen LogP contribution in [0.2, 0.25) is 0 Å². The molecular weight excluding hydrogens is 314 g/mol. The molecule has 1 aliphatic heterocycles. The highest BCUT2D eigenvalue weighted by molar-refractivity contribution is 5.45. The number of nitrogens with zero attached hydrogens (tertiary/aromatic N) is 1. The Bertz CT molecular complexity index is 589. The zero-order chi connectivity index (χ0) is 18.0. The first-order chi connectivity index (χ1) is 12.0. The van der Waals surface area contributed by atoms with Crippen molar-refractivity contribution in [1.29, 1.82) is 0 Å². The SMILES string of the molecule is CC(O)CO.COc1ccc2c(c1)[C@]13CCCC[C@@H]1[C@H](C2)N(C)CC3. The van der Waals surface area contributed by atoms with E-state index in [9.17, 15) is 0 Å². The monoisotopic (exact) mass is 347 g/mol. The maximum absolute atomic E-state index is 8.11. The van der Waals surface area contributed by atoms with Crippen LogP contribution in [0.5, 0.6) is 5.75 Å². The van der Waals surface area contributed by atoms with Gasteiger partial charge in [-0.15, -0.1) is 0 Å². The number of benzene rings is 1. The van der Waals surface area contributed by atoms with E-state index < -0.39 is 6.10 Å². The molecule has 140 valence electrons.